The van der Waals surface area contributed by atoms with Gasteiger partial charge in [-0.05, 0) is 71.0 Å². The Morgan fingerprint density at radius 1 is 1.19 bits per heavy atom. The highest BCUT2D eigenvalue weighted by Gasteiger charge is 2.34. The van der Waals surface area contributed by atoms with Crippen LogP contribution < -0.4 is 10.9 Å². The van der Waals surface area contributed by atoms with E-state index in [1.165, 1.54) is 12.8 Å². The van der Waals surface area contributed by atoms with Gasteiger partial charge in [-0.1, -0.05) is 0 Å². The molecule has 1 aromatic rings. The first-order valence-corrected chi connectivity index (χ1v) is 10.3. The number of hydrogen-bond acceptors (Lipinski definition) is 5. The van der Waals surface area contributed by atoms with Crippen LogP contribution in [0.15, 0.2) is 10.9 Å². The van der Waals surface area contributed by atoms with E-state index in [2.05, 4.69) is 24.1 Å². The molecule has 6 nitrogen and oxygen atoms in total. The Labute approximate surface area is 155 Å². The summed E-state index contributed by atoms with van der Waals surface area (Å²) in [4.78, 5) is 15.2. The molecule has 0 aromatic carbocycles. The Morgan fingerprint density at radius 2 is 1.96 bits per heavy atom. The molecule has 3 heterocycles. The number of ether oxygens (including phenoxy) is 1. The first kappa shape index (κ1) is 18.1. The number of likely N-dealkylation sites (tertiary alicyclic amines) is 1. The second kappa shape index (κ2) is 7.79. The fourth-order valence-corrected chi connectivity index (χ4v) is 4.64. The van der Waals surface area contributed by atoms with Crippen LogP contribution in [0.5, 0.6) is 0 Å². The minimum absolute atomic E-state index is 0.0119. The molecule has 144 valence electrons. The fourth-order valence-electron chi connectivity index (χ4n) is 4.64. The van der Waals surface area contributed by atoms with Crippen LogP contribution in [0.25, 0.3) is 0 Å². The van der Waals surface area contributed by atoms with Crippen molar-refractivity contribution in [1.29, 1.82) is 0 Å². The first-order valence-electron chi connectivity index (χ1n) is 10.3. The van der Waals surface area contributed by atoms with Gasteiger partial charge in [0, 0.05) is 18.2 Å². The molecule has 0 saturated carbocycles. The van der Waals surface area contributed by atoms with E-state index in [0.717, 1.165) is 50.0 Å². The summed E-state index contributed by atoms with van der Waals surface area (Å²) in [5.41, 5.74) is 2.30. The van der Waals surface area contributed by atoms with Crippen LogP contribution in [-0.4, -0.2) is 59.1 Å². The number of fused-ring (bicyclic) bond motifs is 1. The molecule has 0 radical (unpaired) electrons. The van der Waals surface area contributed by atoms with E-state index in [1.54, 1.807) is 4.68 Å². The monoisotopic (exact) mass is 360 g/mol. The van der Waals surface area contributed by atoms with Crippen molar-refractivity contribution < 1.29 is 4.74 Å². The number of hydrogen-bond donors (Lipinski definition) is 1. The van der Waals surface area contributed by atoms with Gasteiger partial charge in [0.05, 0.1) is 31.0 Å². The molecular formula is C20H32N4O2. The van der Waals surface area contributed by atoms with Crippen molar-refractivity contribution >= 4 is 0 Å². The van der Waals surface area contributed by atoms with Gasteiger partial charge in [-0.15, -0.1) is 0 Å². The molecule has 2 aliphatic heterocycles. The predicted octanol–water partition coefficient (Wildman–Crippen LogP) is 1.52. The molecule has 0 spiro atoms. The van der Waals surface area contributed by atoms with E-state index in [-0.39, 0.29) is 17.6 Å². The Balaban J connectivity index is 1.45. The lowest BCUT2D eigenvalue weighted by Crippen LogP contribution is -2.51. The average Bonchev–Trinajstić information content (AvgIpc) is 3.09. The zero-order valence-electron chi connectivity index (χ0n) is 16.1. The summed E-state index contributed by atoms with van der Waals surface area (Å²) in [6.45, 7) is 8.06. The number of aromatic nitrogens is 2. The van der Waals surface area contributed by atoms with Crippen molar-refractivity contribution in [2.45, 2.75) is 76.5 Å². The smallest absolute Gasteiger partial charge is 0.267 e. The Bertz CT molecular complexity index is 679. The highest BCUT2D eigenvalue weighted by Crippen LogP contribution is 2.23. The zero-order valence-corrected chi connectivity index (χ0v) is 16.1. The third-order valence-corrected chi connectivity index (χ3v) is 6.31. The topological polar surface area (TPSA) is 59.4 Å². The van der Waals surface area contributed by atoms with Gasteiger partial charge in [-0.25, -0.2) is 4.68 Å². The predicted molar refractivity (Wildman–Crippen MR) is 102 cm³/mol. The van der Waals surface area contributed by atoms with Crippen molar-refractivity contribution in [3.8, 4) is 0 Å². The molecule has 2 saturated heterocycles. The van der Waals surface area contributed by atoms with Crippen LogP contribution in [0, 0.1) is 0 Å². The van der Waals surface area contributed by atoms with E-state index in [1.807, 2.05) is 6.07 Å². The lowest BCUT2D eigenvalue weighted by Gasteiger charge is -2.36. The molecule has 26 heavy (non-hydrogen) atoms. The van der Waals surface area contributed by atoms with Crippen molar-refractivity contribution in [1.82, 2.24) is 20.0 Å². The largest absolute Gasteiger partial charge is 0.377 e. The quantitative estimate of drug-likeness (QED) is 0.882. The fraction of sp³-hybridized carbons (Fsp3) is 0.800. The van der Waals surface area contributed by atoms with Crippen LogP contribution >= 0.6 is 0 Å². The van der Waals surface area contributed by atoms with Crippen molar-refractivity contribution in [3.05, 3.63) is 27.7 Å². The number of nitrogens with zero attached hydrogens (tertiary/aromatic N) is 3. The summed E-state index contributed by atoms with van der Waals surface area (Å²) in [6.07, 6.45) is 6.66. The Hall–Kier alpha value is -1.24. The Kier molecular flexibility index (Phi) is 5.43. The van der Waals surface area contributed by atoms with Crippen LogP contribution in [0.1, 0.15) is 56.8 Å². The van der Waals surface area contributed by atoms with E-state index in [9.17, 15) is 4.79 Å². The SMILES string of the molecule is CC(C)N1CCC(NC2COCC2n2nc3c(cc2=O)CCCC3)CC1. The van der Waals surface area contributed by atoms with Gasteiger partial charge < -0.3 is 15.0 Å². The molecular weight excluding hydrogens is 328 g/mol. The van der Waals surface area contributed by atoms with Gasteiger partial charge in [0.15, 0.2) is 0 Å². The molecule has 2 unspecified atom stereocenters. The second-order valence-electron chi connectivity index (χ2n) is 8.39. The number of rotatable bonds is 4. The minimum Gasteiger partial charge on any atom is -0.377 e. The maximum atomic E-state index is 12.6. The Morgan fingerprint density at radius 3 is 2.73 bits per heavy atom. The summed E-state index contributed by atoms with van der Waals surface area (Å²) < 4.78 is 7.46. The third-order valence-electron chi connectivity index (χ3n) is 6.31. The molecule has 1 N–H and O–H groups in total. The molecule has 0 amide bonds. The van der Waals surface area contributed by atoms with E-state index < -0.39 is 0 Å². The van der Waals surface area contributed by atoms with E-state index in [0.29, 0.717) is 25.3 Å². The normalized spacial score (nSPS) is 27.8. The standard InChI is InChI=1S/C20H32N4O2/c1-14(2)23-9-7-16(8-10-23)21-18-12-26-13-19(18)24-20(25)11-15-5-3-4-6-17(15)22-24/h11,14,16,18-19,21H,3-10,12-13H2,1-2H3. The highest BCUT2D eigenvalue weighted by atomic mass is 16.5. The van der Waals surface area contributed by atoms with Crippen molar-refractivity contribution in [2.75, 3.05) is 26.3 Å². The minimum atomic E-state index is 0.0119. The van der Waals surface area contributed by atoms with Crippen LogP contribution in [0.4, 0.5) is 0 Å². The van der Waals surface area contributed by atoms with Gasteiger partial charge in [0.25, 0.3) is 5.56 Å². The first-order chi connectivity index (χ1) is 12.6. The highest BCUT2D eigenvalue weighted by molar-refractivity contribution is 5.20. The molecule has 1 aromatic heterocycles. The van der Waals surface area contributed by atoms with Gasteiger partial charge >= 0.3 is 0 Å². The van der Waals surface area contributed by atoms with Crippen molar-refractivity contribution in [2.24, 2.45) is 0 Å². The second-order valence-corrected chi connectivity index (χ2v) is 8.39. The number of nitrogens with one attached hydrogen (secondary N) is 1. The van der Waals surface area contributed by atoms with Crippen LogP contribution in [-0.2, 0) is 17.6 Å². The van der Waals surface area contributed by atoms with E-state index >= 15 is 0 Å². The molecule has 6 heteroatoms. The molecule has 0 bridgehead atoms. The molecule has 1 aliphatic carbocycles. The van der Waals surface area contributed by atoms with Crippen molar-refractivity contribution in [3.63, 3.8) is 0 Å². The van der Waals surface area contributed by atoms with Gasteiger partial charge in [0.2, 0.25) is 0 Å². The summed E-state index contributed by atoms with van der Waals surface area (Å²) in [5, 5.41) is 8.53. The number of aryl methyl sites for hydroxylation is 2. The molecule has 3 aliphatic rings. The summed E-state index contributed by atoms with van der Waals surface area (Å²) in [5.74, 6) is 0. The lowest BCUT2D eigenvalue weighted by atomic mass is 9.97. The maximum Gasteiger partial charge on any atom is 0.267 e. The molecule has 2 atom stereocenters. The summed E-state index contributed by atoms with van der Waals surface area (Å²) >= 11 is 0. The molecule has 2 fully saturated rings. The number of piperidine rings is 1. The zero-order chi connectivity index (χ0) is 18.1. The summed E-state index contributed by atoms with van der Waals surface area (Å²) in [6, 6.07) is 3.14. The average molecular weight is 361 g/mol. The molecule has 4 rings (SSSR count). The van der Waals surface area contributed by atoms with Gasteiger partial charge in [-0.2, -0.15) is 5.10 Å². The van der Waals surface area contributed by atoms with Gasteiger partial charge in [0.1, 0.15) is 0 Å². The van der Waals surface area contributed by atoms with Crippen LogP contribution in [0.2, 0.25) is 0 Å². The van der Waals surface area contributed by atoms with Crippen LogP contribution in [0.3, 0.4) is 0 Å². The maximum absolute atomic E-state index is 12.6. The summed E-state index contributed by atoms with van der Waals surface area (Å²) in [7, 11) is 0. The van der Waals surface area contributed by atoms with Gasteiger partial charge in [-0.3, -0.25) is 4.79 Å². The third kappa shape index (κ3) is 3.73. The van der Waals surface area contributed by atoms with E-state index in [4.69, 9.17) is 9.84 Å². The lowest BCUT2D eigenvalue weighted by molar-refractivity contribution is 0.149.